The molecule has 3 aromatic rings. The zero-order chi connectivity index (χ0) is 25.4. The largest absolute Gasteiger partial charge is 0.493 e. The fraction of sp³-hybridized carbons (Fsp3) is 0.0870. The molecule has 0 saturated heterocycles. The summed E-state index contributed by atoms with van der Waals surface area (Å²) in [5, 5.41) is 4.32. The van der Waals surface area contributed by atoms with Gasteiger partial charge in [0.15, 0.2) is 11.5 Å². The van der Waals surface area contributed by atoms with E-state index in [9.17, 15) is 18.0 Å². The van der Waals surface area contributed by atoms with Gasteiger partial charge in [0.05, 0.1) is 40.4 Å². The van der Waals surface area contributed by atoms with Gasteiger partial charge in [-0.15, -0.1) is 0 Å². The van der Waals surface area contributed by atoms with Crippen LogP contribution in [-0.4, -0.2) is 40.2 Å². The summed E-state index contributed by atoms with van der Waals surface area (Å²) in [4.78, 5) is 24.4. The Kier molecular flexibility index (Phi) is 8.83. The van der Waals surface area contributed by atoms with E-state index in [-0.39, 0.29) is 27.0 Å². The molecule has 0 aliphatic rings. The molecular formula is C23H19Cl2N3O6S. The number of nitrogens with zero attached hydrogens (tertiary/aromatic N) is 1. The molecule has 0 saturated carbocycles. The second-order valence-electron chi connectivity index (χ2n) is 6.86. The smallest absolute Gasteiger partial charge is 0.343 e. The summed E-state index contributed by atoms with van der Waals surface area (Å²) in [7, 11) is -2.42. The highest BCUT2D eigenvalue weighted by molar-refractivity contribution is 7.89. The molecular weight excluding hydrogens is 517 g/mol. The number of nitrogens with one attached hydrogen (secondary N) is 2. The Morgan fingerprint density at radius 2 is 1.71 bits per heavy atom. The summed E-state index contributed by atoms with van der Waals surface area (Å²) < 4.78 is 37.1. The minimum atomic E-state index is -3.82. The number of ether oxygens (including phenoxy) is 2. The molecule has 182 valence electrons. The Bertz CT molecular complexity index is 1360. The number of esters is 1. The van der Waals surface area contributed by atoms with Gasteiger partial charge in [-0.2, -0.15) is 5.10 Å². The van der Waals surface area contributed by atoms with Crippen LogP contribution in [0.3, 0.4) is 0 Å². The van der Waals surface area contributed by atoms with E-state index in [2.05, 4.69) is 15.2 Å². The Balaban J connectivity index is 1.58. The number of rotatable bonds is 9. The summed E-state index contributed by atoms with van der Waals surface area (Å²) in [6.45, 7) is -0.499. The maximum absolute atomic E-state index is 12.4. The van der Waals surface area contributed by atoms with Crippen molar-refractivity contribution in [1.82, 2.24) is 10.1 Å². The normalized spacial score (nSPS) is 11.3. The van der Waals surface area contributed by atoms with Crippen molar-refractivity contribution < 1.29 is 27.5 Å². The summed E-state index contributed by atoms with van der Waals surface area (Å²) in [5.74, 6) is -0.933. The van der Waals surface area contributed by atoms with Crippen LogP contribution in [0, 0.1) is 0 Å². The standard InChI is InChI=1S/C23H19Cl2N3O6S/c1-33-21-11-15(7-10-20(21)34-23(30)16-8-9-18(24)19(25)12-16)13-26-28-22(29)14-27-35(31,32)17-5-3-2-4-6-17/h2-13,27H,14H2,1H3,(H,28,29). The zero-order valence-corrected chi connectivity index (χ0v) is 20.5. The first-order valence-electron chi connectivity index (χ1n) is 9.91. The third-order valence-electron chi connectivity index (χ3n) is 4.42. The highest BCUT2D eigenvalue weighted by Crippen LogP contribution is 2.29. The Morgan fingerprint density at radius 1 is 0.971 bits per heavy atom. The highest BCUT2D eigenvalue weighted by atomic mass is 35.5. The first-order chi connectivity index (χ1) is 16.7. The predicted molar refractivity (Wildman–Crippen MR) is 132 cm³/mol. The lowest BCUT2D eigenvalue weighted by Gasteiger charge is -2.10. The van der Waals surface area contributed by atoms with Crippen molar-refractivity contribution in [3.05, 3.63) is 87.9 Å². The van der Waals surface area contributed by atoms with Gasteiger partial charge < -0.3 is 9.47 Å². The SMILES string of the molecule is COc1cc(C=NNC(=O)CNS(=O)(=O)c2ccccc2)ccc1OC(=O)c1ccc(Cl)c(Cl)c1. The number of hydrazone groups is 1. The van der Waals surface area contributed by atoms with Crippen LogP contribution < -0.4 is 19.6 Å². The average molecular weight is 536 g/mol. The van der Waals surface area contributed by atoms with Gasteiger partial charge >= 0.3 is 5.97 Å². The summed E-state index contributed by atoms with van der Waals surface area (Å²) in [5.41, 5.74) is 2.95. The molecule has 1 amide bonds. The van der Waals surface area contributed by atoms with E-state index in [1.54, 1.807) is 24.3 Å². The first-order valence-corrected chi connectivity index (χ1v) is 12.2. The molecule has 0 atom stereocenters. The number of benzene rings is 3. The Morgan fingerprint density at radius 3 is 2.40 bits per heavy atom. The first kappa shape index (κ1) is 26.2. The maximum atomic E-state index is 12.4. The number of halogens is 2. The van der Waals surface area contributed by atoms with Crippen LogP contribution >= 0.6 is 23.2 Å². The molecule has 3 aromatic carbocycles. The van der Waals surface area contributed by atoms with Crippen LogP contribution in [0.1, 0.15) is 15.9 Å². The predicted octanol–water partition coefficient (Wildman–Crippen LogP) is 3.65. The van der Waals surface area contributed by atoms with Crippen LogP contribution in [0.5, 0.6) is 11.5 Å². The maximum Gasteiger partial charge on any atom is 0.343 e. The number of hydrogen-bond acceptors (Lipinski definition) is 7. The van der Waals surface area contributed by atoms with Gasteiger partial charge in [-0.25, -0.2) is 23.4 Å². The van der Waals surface area contributed by atoms with Gasteiger partial charge in [0.25, 0.3) is 5.91 Å². The molecule has 0 aliphatic heterocycles. The van der Waals surface area contributed by atoms with Crippen LogP contribution in [0.15, 0.2) is 76.7 Å². The minimum Gasteiger partial charge on any atom is -0.493 e. The van der Waals surface area contributed by atoms with Gasteiger partial charge in [-0.3, -0.25) is 4.79 Å². The topological polar surface area (TPSA) is 123 Å². The molecule has 2 N–H and O–H groups in total. The van der Waals surface area contributed by atoms with E-state index >= 15 is 0 Å². The molecule has 0 bridgehead atoms. The van der Waals surface area contributed by atoms with Crippen LogP contribution in [-0.2, 0) is 14.8 Å². The molecule has 12 heteroatoms. The minimum absolute atomic E-state index is 0.0448. The van der Waals surface area contributed by atoms with Crippen molar-refractivity contribution in [1.29, 1.82) is 0 Å². The van der Waals surface area contributed by atoms with Gasteiger partial charge in [0, 0.05) is 0 Å². The van der Waals surface area contributed by atoms with Gasteiger partial charge in [0.1, 0.15) is 0 Å². The third kappa shape index (κ3) is 7.27. The van der Waals surface area contributed by atoms with E-state index in [1.807, 2.05) is 0 Å². The van der Waals surface area contributed by atoms with Crippen molar-refractivity contribution in [3.63, 3.8) is 0 Å². The average Bonchev–Trinajstić information content (AvgIpc) is 2.85. The third-order valence-corrected chi connectivity index (χ3v) is 6.58. The van der Waals surface area contributed by atoms with Crippen molar-refractivity contribution in [2.24, 2.45) is 5.10 Å². The number of hydrogen-bond donors (Lipinski definition) is 2. The molecule has 0 spiro atoms. The number of carbonyl (C=O) groups excluding carboxylic acids is 2. The van der Waals surface area contributed by atoms with Gasteiger partial charge in [-0.1, -0.05) is 41.4 Å². The lowest BCUT2D eigenvalue weighted by Crippen LogP contribution is -2.34. The monoisotopic (exact) mass is 535 g/mol. The van der Waals surface area contributed by atoms with Crippen molar-refractivity contribution >= 4 is 51.3 Å². The summed E-state index contributed by atoms with van der Waals surface area (Å²) in [6.07, 6.45) is 1.32. The van der Waals surface area contributed by atoms with Crippen molar-refractivity contribution in [3.8, 4) is 11.5 Å². The molecule has 0 unspecified atom stereocenters. The quantitative estimate of drug-likeness (QED) is 0.186. The molecule has 0 aliphatic carbocycles. The molecule has 9 nitrogen and oxygen atoms in total. The van der Waals surface area contributed by atoms with Crippen molar-refractivity contribution in [2.75, 3.05) is 13.7 Å². The Labute approximate surface area is 211 Å². The van der Waals surface area contributed by atoms with Crippen molar-refractivity contribution in [2.45, 2.75) is 4.90 Å². The fourth-order valence-electron chi connectivity index (χ4n) is 2.69. The highest BCUT2D eigenvalue weighted by Gasteiger charge is 2.15. The fourth-order valence-corrected chi connectivity index (χ4v) is 3.99. The molecule has 0 radical (unpaired) electrons. The van der Waals surface area contributed by atoms with E-state index in [0.29, 0.717) is 10.6 Å². The van der Waals surface area contributed by atoms with Gasteiger partial charge in [0.2, 0.25) is 10.0 Å². The lowest BCUT2D eigenvalue weighted by molar-refractivity contribution is -0.119. The molecule has 0 fully saturated rings. The number of sulfonamides is 1. The number of amides is 1. The zero-order valence-electron chi connectivity index (χ0n) is 18.2. The molecule has 35 heavy (non-hydrogen) atoms. The van der Waals surface area contributed by atoms with E-state index < -0.39 is 28.4 Å². The van der Waals surface area contributed by atoms with E-state index in [4.69, 9.17) is 32.7 Å². The van der Waals surface area contributed by atoms with Gasteiger partial charge in [-0.05, 0) is 54.1 Å². The molecule has 3 rings (SSSR count). The van der Waals surface area contributed by atoms with Crippen LogP contribution in [0.4, 0.5) is 0 Å². The summed E-state index contributed by atoms with van der Waals surface area (Å²) in [6, 6.07) is 16.6. The molecule has 0 aromatic heterocycles. The number of carbonyl (C=O) groups is 2. The number of methoxy groups -OCH3 is 1. The second kappa shape index (κ2) is 11.8. The lowest BCUT2D eigenvalue weighted by atomic mass is 10.2. The van der Waals surface area contributed by atoms with E-state index in [0.717, 1.165) is 0 Å². The molecule has 0 heterocycles. The van der Waals surface area contributed by atoms with Crippen LogP contribution in [0.2, 0.25) is 10.0 Å². The Hall–Kier alpha value is -3.44. The summed E-state index contributed by atoms with van der Waals surface area (Å²) >= 11 is 11.8. The van der Waals surface area contributed by atoms with Crippen LogP contribution in [0.25, 0.3) is 0 Å². The second-order valence-corrected chi connectivity index (χ2v) is 9.44. The van der Waals surface area contributed by atoms with E-state index in [1.165, 1.54) is 55.8 Å².